The van der Waals surface area contributed by atoms with Crippen LogP contribution in [0.15, 0.2) is 29.4 Å². The molecule has 8 heteroatoms. The van der Waals surface area contributed by atoms with E-state index < -0.39 is 0 Å². The van der Waals surface area contributed by atoms with Gasteiger partial charge in [0, 0.05) is 11.1 Å². The Kier molecular flexibility index (Phi) is 1.56. The molecule has 4 rings (SSSR count). The lowest BCUT2D eigenvalue weighted by molar-refractivity contribution is 0.319. The standard InChI is InChI=1S/C10H5N7O/c18-14-8-6-4-2-1-3-5(6)7-9(8)11-10-12-15-16-17(10)13-7/h1-4,18H/b14-8+. The van der Waals surface area contributed by atoms with Crippen molar-refractivity contribution >= 4 is 11.5 Å². The summed E-state index contributed by atoms with van der Waals surface area (Å²) >= 11 is 0. The normalized spacial score (nSPS) is 15.0. The van der Waals surface area contributed by atoms with Crippen molar-refractivity contribution in [3.05, 3.63) is 35.5 Å². The Morgan fingerprint density at radius 3 is 2.78 bits per heavy atom. The SMILES string of the molecule is O/N=C1\c2ccccc2-c2nn3nnnc3nc21. The molecule has 0 unspecified atom stereocenters. The average molecular weight is 239 g/mol. The number of benzene rings is 1. The Hall–Kier alpha value is -2.90. The predicted molar refractivity (Wildman–Crippen MR) is 59.2 cm³/mol. The van der Waals surface area contributed by atoms with Crippen molar-refractivity contribution < 1.29 is 5.21 Å². The van der Waals surface area contributed by atoms with Crippen molar-refractivity contribution in [2.75, 3.05) is 0 Å². The molecule has 86 valence electrons. The van der Waals surface area contributed by atoms with E-state index in [1.165, 1.54) is 4.63 Å². The number of hydrogen-bond acceptors (Lipinski definition) is 7. The summed E-state index contributed by atoms with van der Waals surface area (Å²) in [5.74, 6) is 0.266. The molecule has 0 radical (unpaired) electrons. The Labute approximate surface area is 99.6 Å². The van der Waals surface area contributed by atoms with Gasteiger partial charge in [0.15, 0.2) is 0 Å². The van der Waals surface area contributed by atoms with Gasteiger partial charge in [-0.25, -0.2) is 4.98 Å². The molecule has 0 fully saturated rings. The average Bonchev–Trinajstić information content (AvgIpc) is 2.97. The summed E-state index contributed by atoms with van der Waals surface area (Å²) in [5, 5.41) is 27.6. The maximum atomic E-state index is 9.14. The van der Waals surface area contributed by atoms with Gasteiger partial charge in [-0.05, 0) is 10.4 Å². The van der Waals surface area contributed by atoms with E-state index in [1.807, 2.05) is 24.3 Å². The maximum Gasteiger partial charge on any atom is 0.292 e. The van der Waals surface area contributed by atoms with Crippen LogP contribution in [0.2, 0.25) is 0 Å². The lowest BCUT2D eigenvalue weighted by Crippen LogP contribution is -2.05. The van der Waals surface area contributed by atoms with Gasteiger partial charge >= 0.3 is 0 Å². The summed E-state index contributed by atoms with van der Waals surface area (Å²) in [6.07, 6.45) is 0. The summed E-state index contributed by atoms with van der Waals surface area (Å²) in [6.45, 7) is 0. The first-order valence-electron chi connectivity index (χ1n) is 5.17. The van der Waals surface area contributed by atoms with E-state index in [0.29, 0.717) is 17.1 Å². The topological polar surface area (TPSA) is 101 Å². The number of hydrogen-bond donors (Lipinski definition) is 1. The first kappa shape index (κ1) is 9.16. The summed E-state index contributed by atoms with van der Waals surface area (Å²) in [4.78, 5) is 4.26. The van der Waals surface area contributed by atoms with E-state index in [2.05, 4.69) is 30.8 Å². The number of fused-ring (bicyclic) bond motifs is 4. The van der Waals surface area contributed by atoms with Crippen LogP contribution in [0, 0.1) is 0 Å². The fourth-order valence-electron chi connectivity index (χ4n) is 2.08. The van der Waals surface area contributed by atoms with Gasteiger partial charge in [-0.1, -0.05) is 39.1 Å². The molecule has 0 spiro atoms. The molecule has 0 aliphatic heterocycles. The van der Waals surface area contributed by atoms with Gasteiger partial charge in [0.2, 0.25) is 0 Å². The molecule has 3 aromatic rings. The van der Waals surface area contributed by atoms with Crippen molar-refractivity contribution in [2.24, 2.45) is 5.16 Å². The third-order valence-corrected chi connectivity index (χ3v) is 2.83. The van der Waals surface area contributed by atoms with E-state index in [9.17, 15) is 0 Å². The van der Waals surface area contributed by atoms with Crippen molar-refractivity contribution in [1.82, 2.24) is 30.2 Å². The highest BCUT2D eigenvalue weighted by atomic mass is 16.4. The van der Waals surface area contributed by atoms with Gasteiger partial charge in [-0.2, -0.15) is 0 Å². The largest absolute Gasteiger partial charge is 0.410 e. The molecule has 0 amide bonds. The molecule has 18 heavy (non-hydrogen) atoms. The second-order valence-corrected chi connectivity index (χ2v) is 3.77. The number of nitrogens with zero attached hydrogens (tertiary/aromatic N) is 7. The quantitative estimate of drug-likeness (QED) is 0.345. The first-order chi connectivity index (χ1) is 8.88. The number of tetrazole rings is 1. The van der Waals surface area contributed by atoms with Crippen LogP contribution in [0.3, 0.4) is 0 Å². The predicted octanol–water partition coefficient (Wildman–Crippen LogP) is 0.121. The first-order valence-corrected chi connectivity index (χ1v) is 5.17. The zero-order valence-electron chi connectivity index (χ0n) is 8.89. The Morgan fingerprint density at radius 1 is 1.11 bits per heavy atom. The lowest BCUT2D eigenvalue weighted by Gasteiger charge is -1.96. The van der Waals surface area contributed by atoms with E-state index in [1.54, 1.807) is 0 Å². The molecule has 0 atom stereocenters. The van der Waals surface area contributed by atoms with Crippen LogP contribution in [0.4, 0.5) is 0 Å². The minimum absolute atomic E-state index is 0.266. The molecule has 0 saturated carbocycles. The molecule has 0 bridgehead atoms. The summed E-state index contributed by atoms with van der Waals surface area (Å²) < 4.78 is 1.25. The highest BCUT2D eigenvalue weighted by molar-refractivity contribution is 6.22. The molecule has 8 nitrogen and oxygen atoms in total. The fourth-order valence-corrected chi connectivity index (χ4v) is 2.08. The van der Waals surface area contributed by atoms with Crippen molar-refractivity contribution in [1.29, 1.82) is 0 Å². The molecule has 2 heterocycles. The second-order valence-electron chi connectivity index (χ2n) is 3.77. The molecule has 1 aromatic carbocycles. The summed E-state index contributed by atoms with van der Waals surface area (Å²) in [6, 6.07) is 7.48. The summed E-state index contributed by atoms with van der Waals surface area (Å²) in [7, 11) is 0. The molecule has 1 N–H and O–H groups in total. The smallest absolute Gasteiger partial charge is 0.292 e. The Balaban J connectivity index is 2.16. The van der Waals surface area contributed by atoms with Gasteiger partial charge in [-0.15, -0.1) is 5.10 Å². The molecule has 2 aromatic heterocycles. The molecular formula is C10H5N7O. The molecule has 0 saturated heterocycles. The van der Waals surface area contributed by atoms with Crippen LogP contribution in [-0.4, -0.2) is 41.2 Å². The van der Waals surface area contributed by atoms with Gasteiger partial charge in [0.05, 0.1) is 0 Å². The third kappa shape index (κ3) is 0.986. The second kappa shape index (κ2) is 3.06. The minimum Gasteiger partial charge on any atom is -0.410 e. The zero-order chi connectivity index (χ0) is 12.1. The van der Waals surface area contributed by atoms with Crippen LogP contribution in [0.25, 0.3) is 17.0 Å². The third-order valence-electron chi connectivity index (χ3n) is 2.83. The van der Waals surface area contributed by atoms with E-state index >= 15 is 0 Å². The van der Waals surface area contributed by atoms with Crippen molar-refractivity contribution in [3.63, 3.8) is 0 Å². The van der Waals surface area contributed by atoms with Crippen LogP contribution in [0.1, 0.15) is 11.3 Å². The van der Waals surface area contributed by atoms with Gasteiger partial charge in [-0.3, -0.25) is 0 Å². The van der Waals surface area contributed by atoms with Gasteiger partial charge in [0.25, 0.3) is 5.78 Å². The van der Waals surface area contributed by atoms with E-state index in [0.717, 1.165) is 11.1 Å². The van der Waals surface area contributed by atoms with Crippen molar-refractivity contribution in [3.8, 4) is 11.3 Å². The van der Waals surface area contributed by atoms with Crippen LogP contribution in [-0.2, 0) is 0 Å². The summed E-state index contributed by atoms with van der Waals surface area (Å²) in [5.41, 5.74) is 3.12. The Bertz CT molecular complexity index is 807. The fraction of sp³-hybridized carbons (Fsp3) is 0. The zero-order valence-corrected chi connectivity index (χ0v) is 8.89. The number of rotatable bonds is 0. The van der Waals surface area contributed by atoms with E-state index in [4.69, 9.17) is 5.21 Å². The Morgan fingerprint density at radius 2 is 1.94 bits per heavy atom. The highest BCUT2D eigenvalue weighted by Gasteiger charge is 2.29. The highest BCUT2D eigenvalue weighted by Crippen LogP contribution is 2.33. The van der Waals surface area contributed by atoms with Crippen LogP contribution >= 0.6 is 0 Å². The monoisotopic (exact) mass is 239 g/mol. The minimum atomic E-state index is 0.266. The van der Waals surface area contributed by atoms with Gasteiger partial charge < -0.3 is 5.21 Å². The van der Waals surface area contributed by atoms with E-state index in [-0.39, 0.29) is 5.78 Å². The number of aromatic nitrogens is 6. The van der Waals surface area contributed by atoms with Crippen LogP contribution < -0.4 is 0 Å². The molecule has 1 aliphatic rings. The molecular weight excluding hydrogens is 234 g/mol. The molecule has 1 aliphatic carbocycles. The van der Waals surface area contributed by atoms with Gasteiger partial charge in [0.1, 0.15) is 17.1 Å². The van der Waals surface area contributed by atoms with Crippen molar-refractivity contribution in [2.45, 2.75) is 0 Å². The van der Waals surface area contributed by atoms with Crippen LogP contribution in [0.5, 0.6) is 0 Å². The number of oxime groups is 1. The lowest BCUT2D eigenvalue weighted by atomic mass is 10.1. The maximum absolute atomic E-state index is 9.14.